The quantitative estimate of drug-likeness (QED) is 0.0498. The maximum Gasteiger partial charge on any atom is 0.494 e. The number of hydrogen-bond acceptors (Lipinski definition) is 24. The lowest BCUT2D eigenvalue weighted by Crippen LogP contribution is -2.44. The van der Waals surface area contributed by atoms with E-state index in [1.807, 2.05) is 183 Å². The summed E-state index contributed by atoms with van der Waals surface area (Å²) < 4.78 is 40.5. The van der Waals surface area contributed by atoms with Crippen molar-refractivity contribution in [1.29, 1.82) is 21.0 Å². The molecule has 0 saturated carbocycles. The monoisotopic (exact) mass is 1680 g/mol. The highest BCUT2D eigenvalue weighted by molar-refractivity contribution is 7.17. The van der Waals surface area contributed by atoms with Gasteiger partial charge in [0.15, 0.2) is 0 Å². The summed E-state index contributed by atoms with van der Waals surface area (Å²) in [4.78, 5) is 46.3. The molecule has 17 rings (SSSR count). The third kappa shape index (κ3) is 21.6. The smallest absolute Gasteiger partial charge is 0.399 e. The van der Waals surface area contributed by atoms with Gasteiger partial charge >= 0.3 is 7.12 Å². The number of fused-ring (bicyclic) bond motifs is 4. The molecule has 3 N–H and O–H groups in total. The van der Waals surface area contributed by atoms with Crippen molar-refractivity contribution in [2.45, 2.75) is 64.6 Å². The first-order valence-corrected chi connectivity index (χ1v) is 41.3. The predicted molar refractivity (Wildman–Crippen MR) is 465 cm³/mol. The summed E-state index contributed by atoms with van der Waals surface area (Å²) in [5.74, 6) is -0.0666. The molecule has 3 fully saturated rings. The molecule has 3 aliphatic rings. The molecule has 14 aromatic rings. The van der Waals surface area contributed by atoms with Gasteiger partial charge < -0.3 is 40.0 Å². The molecule has 6 aromatic carbocycles. The third-order valence-electron chi connectivity index (χ3n) is 19.2. The van der Waals surface area contributed by atoms with Gasteiger partial charge in [-0.25, -0.2) is 48.7 Å². The maximum absolute atomic E-state index is 14.9. The van der Waals surface area contributed by atoms with E-state index in [0.29, 0.717) is 59.5 Å². The first-order chi connectivity index (χ1) is 55.4. The zero-order chi connectivity index (χ0) is 81.3. The van der Waals surface area contributed by atoms with Gasteiger partial charge in [-0.05, 0) is 205 Å². The van der Waals surface area contributed by atoms with Gasteiger partial charge in [0.1, 0.15) is 36.1 Å². The van der Waals surface area contributed by atoms with Crippen molar-refractivity contribution in [2.75, 3.05) is 87.3 Å². The standard InChI is InChI=1S/C25H23FN6S.C14H18BNO2.2C14H8ClN3S.C11H16FN3.C6H2Cl2N2S/c1-31-10-12-32(13-11-31)22-6-5-19(16-21(22)26)28-25-29-23(20-8-14-33-24(20)30-25)18-4-2-3-17(15-18)7-9-27;1-13(2)14(3,4)18-15(17-13)12-7-5-6-11(10-12)8-9-16;2*15-14-17-12(11-5-7-19-13(11)18-14)10-3-1-2-9(8-10)4-6-16;1-14-4-6-15(7-5-14)11-3-2-9(13)8-10(11)12;7-4-3-1-2-11-5(3)10-6(8)9-4/h2-6,8,14-16H,7,10-13H2,1H3,(H,28,29,30);5-7,10H,8H2,1-4H3;2*1-3,5,7-8H,4H2;2-3,8H,4-7,13H2,1H3;1-2H. The Bertz CT molecular complexity index is 5800. The predicted octanol–water partition coefficient (Wildman–Crippen LogP) is 19.4. The molecule has 582 valence electrons. The van der Waals surface area contributed by atoms with Gasteiger partial charge in [0, 0.05) is 102 Å². The number of rotatable bonds is 12. The second kappa shape index (κ2) is 38.8. The highest BCUT2D eigenvalue weighted by Crippen LogP contribution is 2.39. The first-order valence-electron chi connectivity index (χ1n) is 36.3. The summed E-state index contributed by atoms with van der Waals surface area (Å²) in [5, 5.41) is 51.2. The highest BCUT2D eigenvalue weighted by atomic mass is 35.5. The number of likely N-dealkylation sites (N-methyl/N-ethyl adjacent to an activating group) is 2. The summed E-state index contributed by atoms with van der Waals surface area (Å²) in [6, 6.07) is 57.8. The topological polar surface area (TPSA) is 268 Å². The minimum absolute atomic E-state index is 0.199. The molecule has 0 atom stereocenters. The first kappa shape index (κ1) is 84.0. The number of anilines is 5. The molecule has 0 amide bonds. The minimum Gasteiger partial charge on any atom is -0.399 e. The Labute approximate surface area is 701 Å². The molecule has 115 heavy (non-hydrogen) atoms. The van der Waals surface area contributed by atoms with Crippen LogP contribution >= 0.6 is 91.8 Å². The number of piperazine rings is 2. The number of nitrogen functional groups attached to an aromatic ring is 1. The minimum atomic E-state index is -0.353. The van der Waals surface area contributed by atoms with Crippen LogP contribution in [-0.2, 0) is 35.0 Å². The highest BCUT2D eigenvalue weighted by Gasteiger charge is 2.51. The molecule has 3 aliphatic heterocycles. The second-order valence-electron chi connectivity index (χ2n) is 27.8. The van der Waals surface area contributed by atoms with Crippen LogP contribution in [0.3, 0.4) is 0 Å². The average Bonchev–Trinajstić information content (AvgIpc) is 1.62. The number of benzene rings is 6. The van der Waals surface area contributed by atoms with Crippen LogP contribution in [-0.4, -0.2) is 134 Å². The fraction of sp³-hybridized carbons (Fsp3) is 0.238. The lowest BCUT2D eigenvalue weighted by molar-refractivity contribution is 0.00578. The molecule has 3 saturated heterocycles. The van der Waals surface area contributed by atoms with E-state index >= 15 is 0 Å². The van der Waals surface area contributed by atoms with Crippen LogP contribution in [0.2, 0.25) is 21.0 Å². The lowest BCUT2D eigenvalue weighted by atomic mass is 9.78. The summed E-state index contributed by atoms with van der Waals surface area (Å²) >= 11 is 29.4. The van der Waals surface area contributed by atoms with Crippen LogP contribution in [0.15, 0.2) is 179 Å². The van der Waals surface area contributed by atoms with Crippen molar-refractivity contribution >= 4 is 174 Å². The van der Waals surface area contributed by atoms with Crippen molar-refractivity contribution in [1.82, 2.24) is 49.7 Å². The summed E-state index contributed by atoms with van der Waals surface area (Å²) in [6.07, 6.45) is 1.53. The van der Waals surface area contributed by atoms with E-state index < -0.39 is 0 Å². The van der Waals surface area contributed by atoms with Crippen molar-refractivity contribution in [3.8, 4) is 58.0 Å². The Morgan fingerprint density at radius 3 is 1.24 bits per heavy atom. The molecule has 11 heterocycles. The van der Waals surface area contributed by atoms with E-state index in [2.05, 4.69) is 98.2 Å². The number of hydrogen-bond donors (Lipinski definition) is 2. The van der Waals surface area contributed by atoms with Crippen molar-refractivity contribution < 1.29 is 18.1 Å². The van der Waals surface area contributed by atoms with E-state index in [4.69, 9.17) is 87.5 Å². The number of aromatic nitrogens is 8. The van der Waals surface area contributed by atoms with Gasteiger partial charge in [-0.1, -0.05) is 90.5 Å². The van der Waals surface area contributed by atoms with E-state index in [9.17, 15) is 8.78 Å². The normalized spacial score (nSPS) is 14.2. The van der Waals surface area contributed by atoms with Crippen molar-refractivity contribution in [3.63, 3.8) is 0 Å². The van der Waals surface area contributed by atoms with Gasteiger partial charge in [0.05, 0.1) is 89.6 Å². The van der Waals surface area contributed by atoms with Crippen LogP contribution in [0.1, 0.15) is 49.9 Å². The number of nitrogens with zero attached hydrogens (tertiary/aromatic N) is 16. The largest absolute Gasteiger partial charge is 0.494 e. The Hall–Kier alpha value is -10.4. The zero-order valence-electron chi connectivity index (χ0n) is 63.3. The van der Waals surface area contributed by atoms with Crippen LogP contribution < -0.4 is 26.3 Å². The van der Waals surface area contributed by atoms with Crippen LogP contribution in [0.4, 0.5) is 37.5 Å². The van der Waals surface area contributed by atoms with Crippen LogP contribution in [0.5, 0.6) is 0 Å². The molecule has 20 nitrogen and oxygen atoms in total. The van der Waals surface area contributed by atoms with Gasteiger partial charge in [-0.3, -0.25) is 0 Å². The van der Waals surface area contributed by atoms with E-state index in [1.54, 1.807) is 12.1 Å². The molecule has 8 aromatic heterocycles. The summed E-state index contributed by atoms with van der Waals surface area (Å²) in [6.45, 7) is 15.3. The van der Waals surface area contributed by atoms with Gasteiger partial charge in [0.2, 0.25) is 21.8 Å². The number of nitriles is 4. The number of nitrogens with two attached hydrogens (primary N) is 1. The second-order valence-corrected chi connectivity index (χ2v) is 32.7. The molecule has 31 heteroatoms. The Morgan fingerprint density at radius 2 is 0.817 bits per heavy atom. The third-order valence-corrected chi connectivity index (χ3v) is 23.3. The molecule has 0 aliphatic carbocycles. The van der Waals surface area contributed by atoms with Crippen molar-refractivity contribution in [2.24, 2.45) is 0 Å². The lowest BCUT2D eigenvalue weighted by Gasteiger charge is -2.34. The van der Waals surface area contributed by atoms with E-state index in [0.717, 1.165) is 155 Å². The zero-order valence-corrected chi connectivity index (χ0v) is 69.6. The number of nitrogens with one attached hydrogen (secondary N) is 1. The van der Waals surface area contributed by atoms with Crippen molar-refractivity contribution in [3.05, 3.63) is 234 Å². The fourth-order valence-electron chi connectivity index (χ4n) is 12.5. The summed E-state index contributed by atoms with van der Waals surface area (Å²) in [5.41, 5.74) is 17.3. The van der Waals surface area contributed by atoms with E-state index in [-0.39, 0.29) is 45.8 Å². The number of halogens is 6. The molecular weight excluding hydrogens is 1610 g/mol. The Balaban J connectivity index is 0.000000132. The molecular formula is C84H75BCl4F2N18O2S4. The Kier molecular flexibility index (Phi) is 28.3. The SMILES string of the molecule is CC1(C)OB(c2cccc(CC#N)c2)OC1(C)C.CN1CCN(c2ccc(N)cc2F)CC1.CN1CCN(c2ccc(Nc3nc(-c4cccc(CC#N)c4)c4ccsc4n3)cc2F)CC1.Clc1nc(Cl)c2ccsc2n1.N#CCc1cccc(-c2nc(Cl)nc3sccc23)c1.N#CCc1cccc(-c2nc(Cl)nc3sccc23)c1. The molecule has 0 radical (unpaired) electrons. The van der Waals surface area contributed by atoms with Crippen LogP contribution in [0, 0.1) is 57.0 Å². The Morgan fingerprint density at radius 1 is 0.443 bits per heavy atom. The van der Waals surface area contributed by atoms with E-state index in [1.165, 1.54) is 57.5 Å². The molecule has 0 bridgehead atoms. The van der Waals surface area contributed by atoms with Gasteiger partial charge in [0.25, 0.3) is 0 Å². The number of thiophene rings is 4. The average molecular weight is 1690 g/mol. The maximum atomic E-state index is 14.9. The van der Waals surface area contributed by atoms with Gasteiger partial charge in [-0.15, -0.1) is 45.3 Å². The summed E-state index contributed by atoms with van der Waals surface area (Å²) in [7, 11) is 3.81. The molecule has 0 unspecified atom stereocenters. The van der Waals surface area contributed by atoms with Gasteiger partial charge in [-0.2, -0.15) is 21.0 Å². The van der Waals surface area contributed by atoms with Crippen LogP contribution in [0.25, 0.3) is 74.6 Å². The molecule has 0 spiro atoms. The fourth-order valence-corrected chi connectivity index (χ4v) is 16.6.